The standard InChI is InChI=1S/C25H36O5/c1-6-15(2)20(26)30-19-16(3)17-8-13-25(29)23(5)11-7-10-22(4,21(27)28)18(23)9-12-24(19,25)14-17/h6,17-19,29H,3,7-14H2,1-2,4-5H3,(H,27,28)/b15-6-/t17-,18-,19+,22-,23-,24+,25-/m1/s1. The Bertz CT molecular complexity index is 829. The van der Waals surface area contributed by atoms with Crippen LogP contribution in [0, 0.1) is 28.1 Å². The molecule has 166 valence electrons. The normalized spacial score (nSPS) is 48.0. The number of allylic oxidation sites excluding steroid dienone is 1. The molecule has 2 N–H and O–H groups in total. The summed E-state index contributed by atoms with van der Waals surface area (Å²) in [6.45, 7) is 11.8. The lowest BCUT2D eigenvalue weighted by Gasteiger charge is -2.68. The van der Waals surface area contributed by atoms with Crippen LogP contribution in [0.4, 0.5) is 0 Å². The first-order valence-electron chi connectivity index (χ1n) is 11.5. The topological polar surface area (TPSA) is 83.8 Å². The SMILES string of the molecule is C=C1[C@@H]2CC[C@]3(O)[C@@](CC[C@@H]4[C@](C)(C(=O)O)CCC[C@]43C)(C2)[C@H]1OC(=O)/C(C)=C\C. The van der Waals surface area contributed by atoms with E-state index in [9.17, 15) is 19.8 Å². The van der Waals surface area contributed by atoms with E-state index in [0.29, 0.717) is 24.8 Å². The summed E-state index contributed by atoms with van der Waals surface area (Å²) in [5.74, 6) is -0.942. The highest BCUT2D eigenvalue weighted by molar-refractivity contribution is 5.88. The Morgan fingerprint density at radius 2 is 1.87 bits per heavy atom. The Balaban J connectivity index is 1.80. The summed E-state index contributed by atoms with van der Waals surface area (Å²) in [6, 6.07) is 0. The lowest BCUT2D eigenvalue weighted by Crippen LogP contribution is -2.71. The summed E-state index contributed by atoms with van der Waals surface area (Å²) in [6.07, 6.45) is 7.12. The monoisotopic (exact) mass is 416 g/mol. The third-order valence-electron chi connectivity index (χ3n) is 9.87. The number of aliphatic hydroxyl groups is 1. The van der Waals surface area contributed by atoms with Crippen LogP contribution < -0.4 is 0 Å². The molecule has 0 unspecified atom stereocenters. The second-order valence-electron chi connectivity index (χ2n) is 10.9. The highest BCUT2D eigenvalue weighted by Gasteiger charge is 2.75. The van der Waals surface area contributed by atoms with Crippen LogP contribution in [-0.2, 0) is 14.3 Å². The Hall–Kier alpha value is -1.62. The molecule has 1 spiro atoms. The van der Waals surface area contributed by atoms with Crippen molar-refractivity contribution in [2.75, 3.05) is 0 Å². The van der Waals surface area contributed by atoms with E-state index in [1.54, 1.807) is 13.0 Å². The number of hydrogen-bond acceptors (Lipinski definition) is 4. The zero-order valence-electron chi connectivity index (χ0n) is 18.8. The van der Waals surface area contributed by atoms with Gasteiger partial charge in [0.25, 0.3) is 0 Å². The van der Waals surface area contributed by atoms with Crippen molar-refractivity contribution in [1.82, 2.24) is 0 Å². The number of ether oxygens (including phenoxy) is 1. The van der Waals surface area contributed by atoms with E-state index in [0.717, 1.165) is 37.7 Å². The van der Waals surface area contributed by atoms with Crippen molar-refractivity contribution in [3.63, 3.8) is 0 Å². The van der Waals surface area contributed by atoms with Crippen molar-refractivity contribution in [2.45, 2.75) is 90.8 Å². The molecule has 7 atom stereocenters. The molecule has 0 aromatic rings. The highest BCUT2D eigenvalue weighted by atomic mass is 16.5. The number of carboxylic acids is 1. The molecule has 0 aromatic carbocycles. The quantitative estimate of drug-likeness (QED) is 0.398. The van der Waals surface area contributed by atoms with Gasteiger partial charge in [-0.1, -0.05) is 26.0 Å². The van der Waals surface area contributed by atoms with Gasteiger partial charge in [-0.05, 0) is 83.1 Å². The third-order valence-corrected chi connectivity index (χ3v) is 9.87. The predicted molar refractivity (Wildman–Crippen MR) is 114 cm³/mol. The lowest BCUT2D eigenvalue weighted by molar-refractivity contribution is -0.278. The summed E-state index contributed by atoms with van der Waals surface area (Å²) >= 11 is 0. The Labute approximate surface area is 179 Å². The summed E-state index contributed by atoms with van der Waals surface area (Å²) in [7, 11) is 0. The second-order valence-corrected chi connectivity index (χ2v) is 10.9. The van der Waals surface area contributed by atoms with Gasteiger partial charge in [-0.3, -0.25) is 4.79 Å². The molecule has 4 saturated carbocycles. The van der Waals surface area contributed by atoms with Crippen molar-refractivity contribution in [1.29, 1.82) is 0 Å². The average molecular weight is 417 g/mol. The zero-order valence-corrected chi connectivity index (χ0v) is 18.8. The van der Waals surface area contributed by atoms with Crippen LogP contribution >= 0.6 is 0 Å². The number of rotatable bonds is 3. The van der Waals surface area contributed by atoms with E-state index in [1.807, 2.05) is 13.8 Å². The molecular weight excluding hydrogens is 380 g/mol. The first kappa shape index (κ1) is 21.6. The van der Waals surface area contributed by atoms with Crippen LogP contribution in [-0.4, -0.2) is 33.9 Å². The fraction of sp³-hybridized carbons (Fsp3) is 0.760. The number of aliphatic carboxylic acids is 1. The van der Waals surface area contributed by atoms with Crippen molar-refractivity contribution < 1.29 is 24.5 Å². The van der Waals surface area contributed by atoms with E-state index in [1.165, 1.54) is 0 Å². The van der Waals surface area contributed by atoms with Crippen LogP contribution in [0.2, 0.25) is 0 Å². The number of hydrogen-bond donors (Lipinski definition) is 2. The van der Waals surface area contributed by atoms with Crippen molar-refractivity contribution in [3.05, 3.63) is 23.8 Å². The Kier molecular flexibility index (Phi) is 4.82. The summed E-state index contributed by atoms with van der Waals surface area (Å²) < 4.78 is 6.06. The molecular formula is C25H36O5. The van der Waals surface area contributed by atoms with Crippen molar-refractivity contribution in [2.24, 2.45) is 28.1 Å². The molecule has 5 nitrogen and oxygen atoms in total. The molecule has 4 fully saturated rings. The van der Waals surface area contributed by atoms with E-state index in [-0.39, 0.29) is 17.8 Å². The number of esters is 1. The molecule has 0 radical (unpaired) electrons. The smallest absolute Gasteiger partial charge is 0.333 e. The van der Waals surface area contributed by atoms with E-state index in [4.69, 9.17) is 4.74 Å². The molecule has 0 aromatic heterocycles. The van der Waals surface area contributed by atoms with Gasteiger partial charge in [-0.2, -0.15) is 0 Å². The minimum atomic E-state index is -1.06. The van der Waals surface area contributed by atoms with Gasteiger partial charge in [0.2, 0.25) is 0 Å². The van der Waals surface area contributed by atoms with Crippen LogP contribution in [0.3, 0.4) is 0 Å². The molecule has 0 saturated heterocycles. The molecule has 30 heavy (non-hydrogen) atoms. The predicted octanol–water partition coefficient (Wildman–Crippen LogP) is 4.64. The molecule has 2 bridgehead atoms. The van der Waals surface area contributed by atoms with Gasteiger partial charge in [0, 0.05) is 16.4 Å². The first-order chi connectivity index (χ1) is 14.0. The maximum atomic E-state index is 12.7. The highest BCUT2D eigenvalue weighted by Crippen LogP contribution is 2.74. The van der Waals surface area contributed by atoms with Crippen LogP contribution in [0.25, 0.3) is 0 Å². The van der Waals surface area contributed by atoms with Gasteiger partial charge in [0.1, 0.15) is 6.10 Å². The third kappa shape index (κ3) is 2.44. The summed E-state index contributed by atoms with van der Waals surface area (Å²) in [5.41, 5.74) is -1.50. The first-order valence-corrected chi connectivity index (χ1v) is 11.5. The molecule has 4 aliphatic rings. The average Bonchev–Trinajstić information content (AvgIpc) is 2.92. The largest absolute Gasteiger partial charge is 0.481 e. The lowest BCUT2D eigenvalue weighted by atomic mass is 9.38. The van der Waals surface area contributed by atoms with Crippen LogP contribution in [0.1, 0.15) is 79.1 Å². The van der Waals surface area contributed by atoms with Gasteiger partial charge in [0.15, 0.2) is 0 Å². The van der Waals surface area contributed by atoms with E-state index >= 15 is 0 Å². The molecule has 0 amide bonds. The number of carbonyl (C=O) groups excluding carboxylic acids is 1. The van der Waals surface area contributed by atoms with Gasteiger partial charge >= 0.3 is 11.9 Å². The van der Waals surface area contributed by atoms with Gasteiger partial charge in [-0.25, -0.2) is 4.79 Å². The van der Waals surface area contributed by atoms with E-state index in [2.05, 4.69) is 13.5 Å². The molecule has 0 aliphatic heterocycles. The van der Waals surface area contributed by atoms with E-state index < -0.39 is 33.9 Å². The molecule has 5 heteroatoms. The zero-order chi connectivity index (χ0) is 22.1. The van der Waals surface area contributed by atoms with Crippen molar-refractivity contribution in [3.8, 4) is 0 Å². The minimum Gasteiger partial charge on any atom is -0.481 e. The van der Waals surface area contributed by atoms with Gasteiger partial charge < -0.3 is 14.9 Å². The second kappa shape index (κ2) is 6.69. The summed E-state index contributed by atoms with van der Waals surface area (Å²) in [4.78, 5) is 25.0. The minimum absolute atomic E-state index is 0.0917. The van der Waals surface area contributed by atoms with Gasteiger partial charge in [0.05, 0.1) is 11.0 Å². The van der Waals surface area contributed by atoms with Gasteiger partial charge in [-0.15, -0.1) is 0 Å². The van der Waals surface area contributed by atoms with Crippen molar-refractivity contribution >= 4 is 11.9 Å². The fourth-order valence-corrected chi connectivity index (χ4v) is 8.02. The number of fused-ring (bicyclic) bond motifs is 3. The molecule has 0 heterocycles. The number of carbonyl (C=O) groups is 2. The maximum absolute atomic E-state index is 12.7. The summed E-state index contributed by atoms with van der Waals surface area (Å²) in [5, 5.41) is 22.6. The molecule has 4 aliphatic carbocycles. The Morgan fingerprint density at radius 1 is 1.17 bits per heavy atom. The fourth-order valence-electron chi connectivity index (χ4n) is 8.02. The van der Waals surface area contributed by atoms with Crippen LogP contribution in [0.5, 0.6) is 0 Å². The van der Waals surface area contributed by atoms with Crippen LogP contribution in [0.15, 0.2) is 23.8 Å². The molecule has 4 rings (SSSR count). The Morgan fingerprint density at radius 3 is 2.50 bits per heavy atom. The number of carboxylic acid groups (broad SMARTS) is 1. The maximum Gasteiger partial charge on any atom is 0.333 e.